The summed E-state index contributed by atoms with van der Waals surface area (Å²) in [5, 5.41) is 0. The number of hydrogen-bond acceptors (Lipinski definition) is 2. The Morgan fingerprint density at radius 1 is 1.04 bits per heavy atom. The van der Waals surface area contributed by atoms with Gasteiger partial charge in [-0.1, -0.05) is 45.9 Å². The van der Waals surface area contributed by atoms with E-state index in [1.807, 2.05) is 0 Å². The molecule has 2 aliphatic heterocycles. The van der Waals surface area contributed by atoms with E-state index in [1.165, 1.54) is 27.9 Å². The van der Waals surface area contributed by atoms with Crippen molar-refractivity contribution in [3.63, 3.8) is 0 Å². The molecule has 0 bridgehead atoms. The molecule has 1 aromatic carbocycles. The lowest BCUT2D eigenvalue weighted by molar-refractivity contribution is 0.0658. The Morgan fingerprint density at radius 3 is 2.44 bits per heavy atom. The van der Waals surface area contributed by atoms with Crippen molar-refractivity contribution in [3.8, 4) is 0 Å². The number of rotatable bonds is 0. The Hall–Kier alpha value is -2.16. The number of nitrogens with zero attached hydrogens (tertiary/aromatic N) is 2. The summed E-state index contributed by atoms with van der Waals surface area (Å²) in [6.07, 6.45) is 2.12. The van der Waals surface area contributed by atoms with Gasteiger partial charge in [0.1, 0.15) is 5.76 Å². The van der Waals surface area contributed by atoms with Crippen LogP contribution in [0.2, 0.25) is 0 Å². The van der Waals surface area contributed by atoms with Gasteiger partial charge in [-0.05, 0) is 43.4 Å². The summed E-state index contributed by atoms with van der Waals surface area (Å²) < 4.78 is 8.69. The minimum Gasteiger partial charge on any atom is -0.457 e. The molecule has 1 unspecified atom stereocenters. The molecule has 4 heterocycles. The molecule has 0 aliphatic carbocycles. The third kappa shape index (κ3) is 1.58. The van der Waals surface area contributed by atoms with Gasteiger partial charge in [0.25, 0.3) is 0 Å². The highest BCUT2D eigenvalue weighted by molar-refractivity contribution is 5.86. The summed E-state index contributed by atoms with van der Waals surface area (Å²) in [7, 11) is 2.13. The van der Waals surface area contributed by atoms with Crippen LogP contribution in [0.3, 0.4) is 0 Å². The fourth-order valence-electron chi connectivity index (χ4n) is 6.02. The van der Waals surface area contributed by atoms with Gasteiger partial charge < -0.3 is 13.9 Å². The number of benzene rings is 1. The van der Waals surface area contributed by atoms with Crippen LogP contribution in [-0.2, 0) is 18.0 Å². The minimum atomic E-state index is -0.151. The average Bonchev–Trinajstić information content (AvgIpc) is 3.20. The summed E-state index contributed by atoms with van der Waals surface area (Å²) in [4.78, 5) is 2.66. The summed E-state index contributed by atoms with van der Waals surface area (Å²) in [6.45, 7) is 16.7. The number of para-hydroxylation sites is 1. The molecule has 0 amide bonds. The maximum atomic E-state index is 6.45. The number of anilines is 1. The van der Waals surface area contributed by atoms with Crippen LogP contribution in [0.1, 0.15) is 70.0 Å². The lowest BCUT2D eigenvalue weighted by Gasteiger charge is -2.62. The zero-order chi connectivity index (χ0) is 19.5. The van der Waals surface area contributed by atoms with Crippen molar-refractivity contribution in [2.45, 2.75) is 65.5 Å². The molecule has 3 heteroatoms. The number of furan rings is 1. The highest BCUT2D eigenvalue weighted by Gasteiger charge is 2.65. The fraction of sp³-hybridized carbons (Fsp3) is 0.500. The maximum Gasteiger partial charge on any atom is 0.152 e. The van der Waals surface area contributed by atoms with Crippen LogP contribution in [0, 0.1) is 12.3 Å². The van der Waals surface area contributed by atoms with Gasteiger partial charge in [0, 0.05) is 29.9 Å². The molecule has 27 heavy (non-hydrogen) atoms. The highest BCUT2D eigenvalue weighted by atomic mass is 16.3. The molecule has 3 aromatic rings. The van der Waals surface area contributed by atoms with Gasteiger partial charge >= 0.3 is 0 Å². The first kappa shape index (κ1) is 17.0. The molecule has 0 saturated heterocycles. The Morgan fingerprint density at radius 2 is 1.74 bits per heavy atom. The number of aromatic nitrogens is 1. The fourth-order valence-corrected chi connectivity index (χ4v) is 6.02. The smallest absolute Gasteiger partial charge is 0.152 e. The molecule has 2 aromatic heterocycles. The monoisotopic (exact) mass is 362 g/mol. The summed E-state index contributed by atoms with van der Waals surface area (Å²) in [5.41, 5.74) is 7.71. The van der Waals surface area contributed by atoms with E-state index in [0.29, 0.717) is 0 Å². The van der Waals surface area contributed by atoms with E-state index in [-0.39, 0.29) is 22.4 Å². The molecule has 2 atom stereocenters. The topological polar surface area (TPSA) is 21.3 Å². The highest BCUT2D eigenvalue weighted by Crippen LogP contribution is 2.68. The van der Waals surface area contributed by atoms with Crippen LogP contribution >= 0.6 is 0 Å². The Labute approximate surface area is 162 Å². The predicted octanol–water partition coefficient (Wildman–Crippen LogP) is 6.19. The van der Waals surface area contributed by atoms with E-state index in [0.717, 1.165) is 11.3 Å². The van der Waals surface area contributed by atoms with E-state index in [4.69, 9.17) is 4.42 Å². The lowest BCUT2D eigenvalue weighted by Crippen LogP contribution is -2.62. The van der Waals surface area contributed by atoms with Crippen LogP contribution < -0.4 is 4.90 Å². The molecular weight excluding hydrogens is 332 g/mol. The lowest BCUT2D eigenvalue weighted by atomic mass is 9.51. The Bertz CT molecular complexity index is 1100. The Balaban J connectivity index is 1.96. The van der Waals surface area contributed by atoms with Crippen molar-refractivity contribution in [2.75, 3.05) is 4.90 Å². The summed E-state index contributed by atoms with van der Waals surface area (Å²) in [6, 6.07) is 9.11. The quantitative estimate of drug-likeness (QED) is 0.475. The van der Waals surface area contributed by atoms with Gasteiger partial charge in [0.15, 0.2) is 5.58 Å². The molecule has 5 rings (SSSR count). The molecule has 0 N–H and O–H groups in total. The standard InChI is InChI=1S/C24H30N2O/c1-14-10-9-11-16-19(14)26-15(2)21-18(20-17(27-21)12-13-25(20)8)24(26,7)23(5,6)22(16,3)4/h9-13,15H,1-8H3/t15-,24?/m0/s1. The van der Waals surface area contributed by atoms with Crippen LogP contribution in [0.4, 0.5) is 5.69 Å². The van der Waals surface area contributed by atoms with Gasteiger partial charge in [-0.2, -0.15) is 0 Å². The summed E-state index contributed by atoms with van der Waals surface area (Å²) >= 11 is 0. The first-order valence-electron chi connectivity index (χ1n) is 10.0. The van der Waals surface area contributed by atoms with Crippen molar-refractivity contribution >= 4 is 16.8 Å². The normalized spacial score (nSPS) is 27.6. The van der Waals surface area contributed by atoms with Gasteiger partial charge in [0.2, 0.25) is 0 Å². The third-order valence-corrected chi connectivity index (χ3v) is 8.41. The number of aryl methyl sites for hydroxylation is 2. The van der Waals surface area contributed by atoms with E-state index in [2.05, 4.69) is 95.4 Å². The largest absolute Gasteiger partial charge is 0.457 e. The third-order valence-electron chi connectivity index (χ3n) is 8.41. The molecule has 0 radical (unpaired) electrons. The molecule has 2 aliphatic rings. The van der Waals surface area contributed by atoms with E-state index < -0.39 is 0 Å². The Kier molecular flexibility index (Phi) is 2.91. The zero-order valence-corrected chi connectivity index (χ0v) is 17.8. The van der Waals surface area contributed by atoms with Crippen molar-refractivity contribution in [1.29, 1.82) is 0 Å². The first-order valence-corrected chi connectivity index (χ1v) is 10.0. The molecular formula is C24H30N2O. The molecule has 0 spiro atoms. The second kappa shape index (κ2) is 4.63. The van der Waals surface area contributed by atoms with Crippen LogP contribution in [0.5, 0.6) is 0 Å². The van der Waals surface area contributed by atoms with E-state index in [1.54, 1.807) is 0 Å². The number of hydrogen-bond donors (Lipinski definition) is 0. The zero-order valence-electron chi connectivity index (χ0n) is 17.8. The van der Waals surface area contributed by atoms with Gasteiger partial charge in [-0.15, -0.1) is 0 Å². The van der Waals surface area contributed by atoms with Gasteiger partial charge in [0.05, 0.1) is 17.1 Å². The SMILES string of the molecule is Cc1cccc2c1N1[C@@H](C)c3oc4ccn(C)c4c3C1(C)C(C)(C)C2(C)C. The predicted molar refractivity (Wildman–Crippen MR) is 111 cm³/mol. The van der Waals surface area contributed by atoms with Crippen molar-refractivity contribution in [1.82, 2.24) is 4.57 Å². The first-order chi connectivity index (χ1) is 12.5. The molecule has 142 valence electrons. The number of fused-ring (bicyclic) bond motifs is 7. The molecule has 0 fully saturated rings. The van der Waals surface area contributed by atoms with Crippen molar-refractivity contribution in [2.24, 2.45) is 12.5 Å². The molecule has 0 saturated carbocycles. The second-order valence-electron chi connectivity index (χ2n) is 9.82. The van der Waals surface area contributed by atoms with E-state index in [9.17, 15) is 0 Å². The van der Waals surface area contributed by atoms with Gasteiger partial charge in [-0.25, -0.2) is 0 Å². The van der Waals surface area contributed by atoms with Crippen LogP contribution in [-0.4, -0.2) is 4.57 Å². The van der Waals surface area contributed by atoms with E-state index >= 15 is 0 Å². The maximum absolute atomic E-state index is 6.45. The van der Waals surface area contributed by atoms with Crippen molar-refractivity contribution in [3.05, 3.63) is 52.9 Å². The average molecular weight is 363 g/mol. The second-order valence-corrected chi connectivity index (χ2v) is 9.82. The summed E-state index contributed by atoms with van der Waals surface area (Å²) in [5.74, 6) is 1.14. The molecule has 3 nitrogen and oxygen atoms in total. The van der Waals surface area contributed by atoms with Crippen molar-refractivity contribution < 1.29 is 4.42 Å². The van der Waals surface area contributed by atoms with Crippen LogP contribution in [0.15, 0.2) is 34.9 Å². The minimum absolute atomic E-state index is 0.00137. The van der Waals surface area contributed by atoms with Crippen LogP contribution in [0.25, 0.3) is 11.1 Å². The van der Waals surface area contributed by atoms with Gasteiger partial charge in [-0.3, -0.25) is 0 Å².